The number of hydrogen-bond donors (Lipinski definition) is 0. The van der Waals surface area contributed by atoms with Crippen LogP contribution < -0.4 is 0 Å². The second-order valence-electron chi connectivity index (χ2n) is 7.02. The summed E-state index contributed by atoms with van der Waals surface area (Å²) in [5.74, 6) is 0. The van der Waals surface area contributed by atoms with E-state index in [2.05, 4.69) is 121 Å². The van der Waals surface area contributed by atoms with Gasteiger partial charge in [0, 0.05) is 0 Å². The Hall–Kier alpha value is -1.48. The van der Waals surface area contributed by atoms with Crippen LogP contribution in [0.3, 0.4) is 0 Å². The molecule has 2 radical (unpaired) electrons. The summed E-state index contributed by atoms with van der Waals surface area (Å²) < 4.78 is 5.31. The van der Waals surface area contributed by atoms with Crippen LogP contribution in [0.5, 0.6) is 0 Å². The standard InChI is InChI=1S/4C7H7.2Sb/c4*1-7-5-3-2-4-6-7;;/h4*2-6H,1H2;;. The van der Waals surface area contributed by atoms with Crippen LogP contribution in [-0.4, -0.2) is 43.2 Å². The van der Waals surface area contributed by atoms with Crippen molar-refractivity contribution < 1.29 is 0 Å². The quantitative estimate of drug-likeness (QED) is 0.210. The van der Waals surface area contributed by atoms with E-state index in [1.165, 1.54) is 39.7 Å². The fourth-order valence-corrected chi connectivity index (χ4v) is 8.95. The molecule has 0 N–H and O–H groups in total. The van der Waals surface area contributed by atoms with Gasteiger partial charge >= 0.3 is 204 Å². The molecule has 0 fully saturated rings. The zero-order valence-corrected chi connectivity index (χ0v) is 22.4. The molecule has 4 aromatic carbocycles. The normalized spacial score (nSPS) is 10.1. The van der Waals surface area contributed by atoms with Crippen molar-refractivity contribution in [1.82, 2.24) is 0 Å². The Labute approximate surface area is 202 Å². The molecule has 0 heterocycles. The fourth-order valence-electron chi connectivity index (χ4n) is 2.96. The van der Waals surface area contributed by atoms with E-state index < -0.39 is 0 Å². The van der Waals surface area contributed by atoms with Crippen LogP contribution in [0.15, 0.2) is 121 Å². The summed E-state index contributed by atoms with van der Waals surface area (Å²) in [4.78, 5) is 0. The second-order valence-corrected chi connectivity index (χ2v) is 13.2. The van der Waals surface area contributed by atoms with E-state index in [0.29, 0.717) is 0 Å². The first-order valence-electron chi connectivity index (χ1n) is 10.3. The molecule has 4 rings (SSSR count). The molecule has 0 amide bonds. The first-order valence-corrected chi connectivity index (χ1v) is 17.5. The average Bonchev–Trinajstić information content (AvgIpc) is 2.82. The summed E-state index contributed by atoms with van der Waals surface area (Å²) >= 11 is -0.165. The fraction of sp³-hybridized carbons (Fsp3) is 0.143. The molecule has 150 valence electrons. The van der Waals surface area contributed by atoms with Gasteiger partial charge in [-0.3, -0.25) is 0 Å². The minimum absolute atomic E-state index is 0.0825. The molecule has 0 aliphatic heterocycles. The van der Waals surface area contributed by atoms with Crippen molar-refractivity contribution in [3.05, 3.63) is 144 Å². The third kappa shape index (κ3) is 9.55. The van der Waals surface area contributed by atoms with E-state index in [0.717, 1.165) is 0 Å². The third-order valence-corrected chi connectivity index (χ3v) is 11.3. The Balaban J connectivity index is 0.000000171. The SMILES string of the molecule is c1ccc([CH2][Sb][CH2]c2ccccc2)cc1.c1ccc([CH2][Sb][CH2]c2ccccc2)cc1. The second kappa shape index (κ2) is 14.5. The third-order valence-electron chi connectivity index (χ3n) is 4.55. The zero-order valence-electron chi connectivity index (χ0n) is 17.3. The molecule has 0 nitrogen and oxygen atoms in total. The van der Waals surface area contributed by atoms with Crippen LogP contribution in [0.25, 0.3) is 0 Å². The van der Waals surface area contributed by atoms with Gasteiger partial charge < -0.3 is 0 Å². The summed E-state index contributed by atoms with van der Waals surface area (Å²) in [6, 6.07) is 43.3. The van der Waals surface area contributed by atoms with Gasteiger partial charge in [-0.15, -0.1) is 0 Å². The molecule has 0 saturated carbocycles. The summed E-state index contributed by atoms with van der Waals surface area (Å²) in [7, 11) is 0. The van der Waals surface area contributed by atoms with Crippen LogP contribution in [0.4, 0.5) is 0 Å². The van der Waals surface area contributed by atoms with Gasteiger partial charge in [0.05, 0.1) is 0 Å². The molecular weight excluding hydrogens is 580 g/mol. The van der Waals surface area contributed by atoms with Gasteiger partial charge in [0.1, 0.15) is 0 Å². The topological polar surface area (TPSA) is 0 Å². The van der Waals surface area contributed by atoms with E-state index in [-0.39, 0.29) is 43.2 Å². The molecule has 0 aromatic heterocycles. The van der Waals surface area contributed by atoms with Crippen molar-refractivity contribution in [3.8, 4) is 0 Å². The van der Waals surface area contributed by atoms with Crippen molar-refractivity contribution in [3.63, 3.8) is 0 Å². The predicted octanol–water partition coefficient (Wildman–Crippen LogP) is 6.18. The van der Waals surface area contributed by atoms with Crippen LogP contribution in [0.1, 0.15) is 22.3 Å². The van der Waals surface area contributed by atoms with Gasteiger partial charge in [-0.05, 0) is 0 Å². The number of rotatable bonds is 8. The van der Waals surface area contributed by atoms with Crippen molar-refractivity contribution in [2.75, 3.05) is 0 Å². The van der Waals surface area contributed by atoms with Gasteiger partial charge in [-0.2, -0.15) is 0 Å². The minimum atomic E-state index is -0.0825. The molecule has 0 spiro atoms. The summed E-state index contributed by atoms with van der Waals surface area (Å²) in [6.45, 7) is 0. The molecule has 0 unspecified atom stereocenters. The van der Waals surface area contributed by atoms with Gasteiger partial charge in [-0.25, -0.2) is 0 Å². The van der Waals surface area contributed by atoms with E-state index in [9.17, 15) is 0 Å². The molecule has 0 aliphatic rings. The van der Waals surface area contributed by atoms with Crippen molar-refractivity contribution in [2.45, 2.75) is 17.5 Å². The van der Waals surface area contributed by atoms with Gasteiger partial charge in [-0.1, -0.05) is 0 Å². The van der Waals surface area contributed by atoms with E-state index in [4.69, 9.17) is 0 Å². The van der Waals surface area contributed by atoms with Crippen molar-refractivity contribution in [2.24, 2.45) is 0 Å². The molecule has 30 heavy (non-hydrogen) atoms. The van der Waals surface area contributed by atoms with Crippen LogP contribution in [0.2, 0.25) is 0 Å². The predicted molar refractivity (Wildman–Crippen MR) is 132 cm³/mol. The Morgan fingerprint density at radius 1 is 0.300 bits per heavy atom. The zero-order chi connectivity index (χ0) is 20.7. The molecule has 0 aliphatic carbocycles. The van der Waals surface area contributed by atoms with Crippen molar-refractivity contribution in [1.29, 1.82) is 0 Å². The van der Waals surface area contributed by atoms with Crippen LogP contribution in [0, 0.1) is 0 Å². The van der Waals surface area contributed by atoms with Crippen molar-refractivity contribution >= 4 is 43.2 Å². The molecule has 4 aromatic rings. The average molecular weight is 608 g/mol. The van der Waals surface area contributed by atoms with Crippen LogP contribution >= 0.6 is 0 Å². The van der Waals surface area contributed by atoms with E-state index >= 15 is 0 Å². The molecule has 0 atom stereocenters. The number of hydrogen-bond acceptors (Lipinski definition) is 0. The molecular formula is C28H28Sb2. The maximum absolute atomic E-state index is 2.24. The van der Waals surface area contributed by atoms with Crippen LogP contribution in [-0.2, 0) is 17.5 Å². The Kier molecular flexibility index (Phi) is 11.2. The Morgan fingerprint density at radius 2 is 0.500 bits per heavy atom. The van der Waals surface area contributed by atoms with E-state index in [1.807, 2.05) is 0 Å². The molecule has 0 saturated heterocycles. The summed E-state index contributed by atoms with van der Waals surface area (Å²) in [6.07, 6.45) is 0. The first kappa shape index (κ1) is 23.2. The maximum atomic E-state index is 2.24. The molecule has 2 heteroatoms. The van der Waals surface area contributed by atoms with Gasteiger partial charge in [0.25, 0.3) is 0 Å². The Bertz CT molecular complexity index is 763. The monoisotopic (exact) mass is 606 g/mol. The number of benzene rings is 4. The Morgan fingerprint density at radius 3 is 0.700 bits per heavy atom. The summed E-state index contributed by atoms with van der Waals surface area (Å²) in [5, 5.41) is 0. The first-order chi connectivity index (χ1) is 14.9. The van der Waals surface area contributed by atoms with Gasteiger partial charge in [0.15, 0.2) is 0 Å². The van der Waals surface area contributed by atoms with E-state index in [1.54, 1.807) is 0 Å². The summed E-state index contributed by atoms with van der Waals surface area (Å²) in [5.41, 5.74) is 6.02. The van der Waals surface area contributed by atoms with Gasteiger partial charge in [0.2, 0.25) is 0 Å². The molecule has 0 bridgehead atoms.